The van der Waals surface area contributed by atoms with Gasteiger partial charge in [-0.15, -0.1) is 0 Å². The molecule has 19 heavy (non-hydrogen) atoms. The molecule has 1 atom stereocenters. The van der Waals surface area contributed by atoms with Crippen molar-refractivity contribution in [1.29, 1.82) is 0 Å². The van der Waals surface area contributed by atoms with Gasteiger partial charge in [-0.3, -0.25) is 4.90 Å². The molecule has 1 aromatic heterocycles. The van der Waals surface area contributed by atoms with Crippen LogP contribution in [-0.4, -0.2) is 33.6 Å². The van der Waals surface area contributed by atoms with Gasteiger partial charge in [0.15, 0.2) is 0 Å². The fraction of sp³-hybridized carbons (Fsp3) is 0.800. The highest BCUT2D eigenvalue weighted by Crippen LogP contribution is 2.29. The fourth-order valence-electron chi connectivity index (χ4n) is 3.71. The van der Waals surface area contributed by atoms with Crippen molar-refractivity contribution < 1.29 is 0 Å². The topological polar surface area (TPSA) is 47.1 Å². The summed E-state index contributed by atoms with van der Waals surface area (Å²) in [6, 6.07) is 0.550. The van der Waals surface area contributed by atoms with Gasteiger partial charge in [0.1, 0.15) is 5.82 Å². The first-order chi connectivity index (χ1) is 9.36. The van der Waals surface area contributed by atoms with Crippen molar-refractivity contribution >= 4 is 0 Å². The molecule has 1 unspecified atom stereocenters. The van der Waals surface area contributed by atoms with Crippen LogP contribution in [0, 0.1) is 5.92 Å². The molecule has 1 fully saturated rings. The minimum Gasteiger partial charge on any atom is -0.333 e. The van der Waals surface area contributed by atoms with E-state index in [-0.39, 0.29) is 0 Å². The van der Waals surface area contributed by atoms with E-state index in [0.717, 1.165) is 32.1 Å². The van der Waals surface area contributed by atoms with Gasteiger partial charge in [-0.25, -0.2) is 4.98 Å². The van der Waals surface area contributed by atoms with Crippen molar-refractivity contribution in [3.8, 4) is 0 Å². The summed E-state index contributed by atoms with van der Waals surface area (Å²) >= 11 is 0. The molecule has 0 saturated heterocycles. The number of nitrogens with two attached hydrogens (primary N) is 1. The Balaban J connectivity index is 1.59. The van der Waals surface area contributed by atoms with Crippen molar-refractivity contribution in [3.05, 3.63) is 18.2 Å². The standard InChI is InChI=1S/C15H26N4/c16-11-14(10-13-4-2-1-3-5-13)19-9-8-18-7-6-17-15(18)12-19/h6-7,13-14H,1-5,8-12,16H2. The third-order valence-electron chi connectivity index (χ3n) is 4.89. The van der Waals surface area contributed by atoms with Gasteiger partial charge in [-0.2, -0.15) is 0 Å². The second-order valence-corrected chi connectivity index (χ2v) is 6.14. The van der Waals surface area contributed by atoms with Gasteiger partial charge >= 0.3 is 0 Å². The van der Waals surface area contributed by atoms with Crippen molar-refractivity contribution in [2.45, 2.75) is 57.7 Å². The van der Waals surface area contributed by atoms with Crippen LogP contribution in [0.25, 0.3) is 0 Å². The molecule has 2 heterocycles. The van der Waals surface area contributed by atoms with Crippen LogP contribution in [0.4, 0.5) is 0 Å². The Morgan fingerprint density at radius 1 is 1.26 bits per heavy atom. The van der Waals surface area contributed by atoms with E-state index in [2.05, 4.69) is 20.6 Å². The van der Waals surface area contributed by atoms with Crippen LogP contribution in [-0.2, 0) is 13.1 Å². The average molecular weight is 262 g/mol. The molecule has 0 radical (unpaired) electrons. The van der Waals surface area contributed by atoms with E-state index in [1.807, 2.05) is 6.20 Å². The molecule has 1 aliphatic heterocycles. The molecule has 2 aliphatic rings. The smallest absolute Gasteiger partial charge is 0.122 e. The Bertz CT molecular complexity index is 395. The SMILES string of the molecule is NCC(CC1CCCCC1)N1CCn2ccnc2C1. The minimum atomic E-state index is 0.550. The summed E-state index contributed by atoms with van der Waals surface area (Å²) in [6.07, 6.45) is 12.4. The lowest BCUT2D eigenvalue weighted by molar-refractivity contribution is 0.126. The van der Waals surface area contributed by atoms with Crippen LogP contribution in [0.5, 0.6) is 0 Å². The van der Waals surface area contributed by atoms with Gasteiger partial charge in [0.25, 0.3) is 0 Å². The van der Waals surface area contributed by atoms with Crippen LogP contribution in [0.15, 0.2) is 12.4 Å². The highest BCUT2D eigenvalue weighted by atomic mass is 15.3. The Morgan fingerprint density at radius 2 is 2.11 bits per heavy atom. The monoisotopic (exact) mass is 262 g/mol. The number of aromatic nitrogens is 2. The van der Waals surface area contributed by atoms with Crippen LogP contribution >= 0.6 is 0 Å². The fourth-order valence-corrected chi connectivity index (χ4v) is 3.71. The third kappa shape index (κ3) is 3.00. The van der Waals surface area contributed by atoms with E-state index in [1.165, 1.54) is 44.3 Å². The van der Waals surface area contributed by atoms with Crippen molar-refractivity contribution in [2.24, 2.45) is 11.7 Å². The number of fused-ring (bicyclic) bond motifs is 1. The molecule has 0 amide bonds. The summed E-state index contributed by atoms with van der Waals surface area (Å²) in [5, 5.41) is 0. The van der Waals surface area contributed by atoms with Crippen LogP contribution in [0.1, 0.15) is 44.3 Å². The van der Waals surface area contributed by atoms with Crippen LogP contribution in [0.2, 0.25) is 0 Å². The molecule has 1 saturated carbocycles. The highest BCUT2D eigenvalue weighted by molar-refractivity contribution is 4.97. The van der Waals surface area contributed by atoms with E-state index in [1.54, 1.807) is 0 Å². The van der Waals surface area contributed by atoms with Gasteiger partial charge in [-0.1, -0.05) is 32.1 Å². The van der Waals surface area contributed by atoms with E-state index in [0.29, 0.717) is 6.04 Å². The van der Waals surface area contributed by atoms with Gasteiger partial charge in [0.2, 0.25) is 0 Å². The van der Waals surface area contributed by atoms with E-state index in [4.69, 9.17) is 5.73 Å². The first kappa shape index (κ1) is 13.1. The Morgan fingerprint density at radius 3 is 2.89 bits per heavy atom. The van der Waals surface area contributed by atoms with Gasteiger partial charge in [0.05, 0.1) is 6.54 Å². The molecule has 2 N–H and O–H groups in total. The lowest BCUT2D eigenvalue weighted by Crippen LogP contribution is -2.45. The Labute approximate surface area is 116 Å². The number of hydrogen-bond donors (Lipinski definition) is 1. The molecule has 3 rings (SSSR count). The quantitative estimate of drug-likeness (QED) is 0.903. The van der Waals surface area contributed by atoms with E-state index in [9.17, 15) is 0 Å². The maximum absolute atomic E-state index is 6.05. The lowest BCUT2D eigenvalue weighted by Gasteiger charge is -2.36. The van der Waals surface area contributed by atoms with Crippen molar-refractivity contribution in [2.75, 3.05) is 13.1 Å². The number of rotatable bonds is 4. The zero-order chi connectivity index (χ0) is 13.1. The van der Waals surface area contributed by atoms with Crippen molar-refractivity contribution in [1.82, 2.24) is 14.5 Å². The predicted molar refractivity (Wildman–Crippen MR) is 76.7 cm³/mol. The number of hydrogen-bond acceptors (Lipinski definition) is 3. The van der Waals surface area contributed by atoms with Crippen LogP contribution in [0.3, 0.4) is 0 Å². The van der Waals surface area contributed by atoms with Gasteiger partial charge < -0.3 is 10.3 Å². The Hall–Kier alpha value is -0.870. The molecule has 1 aromatic rings. The summed E-state index contributed by atoms with van der Waals surface area (Å²) < 4.78 is 2.27. The molecule has 0 aromatic carbocycles. The Kier molecular flexibility index (Phi) is 4.18. The summed E-state index contributed by atoms with van der Waals surface area (Å²) in [4.78, 5) is 7.00. The summed E-state index contributed by atoms with van der Waals surface area (Å²) in [5.41, 5.74) is 6.05. The highest BCUT2D eigenvalue weighted by Gasteiger charge is 2.26. The average Bonchev–Trinajstić information content (AvgIpc) is 2.93. The molecule has 0 spiro atoms. The van der Waals surface area contributed by atoms with Crippen LogP contribution < -0.4 is 5.73 Å². The summed E-state index contributed by atoms with van der Waals surface area (Å²) in [7, 11) is 0. The first-order valence-corrected chi connectivity index (χ1v) is 7.81. The second kappa shape index (κ2) is 6.06. The first-order valence-electron chi connectivity index (χ1n) is 7.81. The number of imidazole rings is 1. The van der Waals surface area contributed by atoms with E-state index < -0.39 is 0 Å². The molecule has 106 valence electrons. The zero-order valence-electron chi connectivity index (χ0n) is 11.8. The van der Waals surface area contributed by atoms with Crippen molar-refractivity contribution in [3.63, 3.8) is 0 Å². The lowest BCUT2D eigenvalue weighted by atomic mass is 9.84. The minimum absolute atomic E-state index is 0.550. The maximum atomic E-state index is 6.05. The van der Waals surface area contributed by atoms with Gasteiger partial charge in [-0.05, 0) is 12.3 Å². The molecule has 4 nitrogen and oxygen atoms in total. The summed E-state index contributed by atoms with van der Waals surface area (Å²) in [6.45, 7) is 3.95. The summed E-state index contributed by atoms with van der Waals surface area (Å²) in [5.74, 6) is 2.11. The molecule has 4 heteroatoms. The number of nitrogens with zero attached hydrogens (tertiary/aromatic N) is 3. The second-order valence-electron chi connectivity index (χ2n) is 6.14. The molecular formula is C15H26N4. The predicted octanol–water partition coefficient (Wildman–Crippen LogP) is 2.00. The van der Waals surface area contributed by atoms with Gasteiger partial charge in [0, 0.05) is 38.1 Å². The maximum Gasteiger partial charge on any atom is 0.122 e. The third-order valence-corrected chi connectivity index (χ3v) is 4.89. The zero-order valence-corrected chi connectivity index (χ0v) is 11.8. The molecule has 1 aliphatic carbocycles. The van der Waals surface area contributed by atoms with E-state index >= 15 is 0 Å². The molecular weight excluding hydrogens is 236 g/mol. The largest absolute Gasteiger partial charge is 0.333 e. The normalized spacial score (nSPS) is 23.2. The molecule has 0 bridgehead atoms.